The van der Waals surface area contributed by atoms with Crippen molar-refractivity contribution in [2.45, 2.75) is 42.9 Å². The van der Waals surface area contributed by atoms with E-state index in [1.807, 2.05) is 0 Å². The van der Waals surface area contributed by atoms with Crippen LogP contribution in [0.3, 0.4) is 0 Å². The highest BCUT2D eigenvalue weighted by Crippen LogP contribution is 2.59. The SMILES string of the molecule is O=C1C2C(CCCCCO)CCC2C1(Cl)Cl. The maximum absolute atomic E-state index is 11.8. The molecular formula is C12H18Cl2O2. The van der Waals surface area contributed by atoms with Gasteiger partial charge < -0.3 is 5.11 Å². The van der Waals surface area contributed by atoms with Crippen LogP contribution in [-0.2, 0) is 4.79 Å². The van der Waals surface area contributed by atoms with Crippen LogP contribution in [0.1, 0.15) is 38.5 Å². The Kier molecular flexibility index (Phi) is 3.82. The lowest BCUT2D eigenvalue weighted by molar-refractivity contribution is -0.135. The number of ketones is 1. The van der Waals surface area contributed by atoms with E-state index in [4.69, 9.17) is 28.3 Å². The molecule has 0 aromatic rings. The fourth-order valence-corrected chi connectivity index (χ4v) is 3.95. The van der Waals surface area contributed by atoms with Gasteiger partial charge in [-0.25, -0.2) is 0 Å². The number of hydrogen-bond donors (Lipinski definition) is 1. The normalized spacial score (nSPS) is 35.9. The van der Waals surface area contributed by atoms with Gasteiger partial charge in [0.1, 0.15) is 0 Å². The summed E-state index contributed by atoms with van der Waals surface area (Å²) in [5, 5.41) is 8.69. The molecule has 4 heteroatoms. The number of rotatable bonds is 5. The molecule has 2 saturated carbocycles. The first kappa shape index (κ1) is 12.7. The van der Waals surface area contributed by atoms with Crippen molar-refractivity contribution in [1.29, 1.82) is 0 Å². The Labute approximate surface area is 106 Å². The van der Waals surface area contributed by atoms with Crippen LogP contribution in [0.25, 0.3) is 0 Å². The molecule has 0 aromatic carbocycles. The van der Waals surface area contributed by atoms with E-state index in [0.717, 1.165) is 38.5 Å². The number of halogens is 2. The molecule has 0 aromatic heterocycles. The lowest BCUT2D eigenvalue weighted by Crippen LogP contribution is -2.55. The minimum Gasteiger partial charge on any atom is -0.396 e. The summed E-state index contributed by atoms with van der Waals surface area (Å²) in [6.45, 7) is 0.266. The minimum atomic E-state index is -1.08. The lowest BCUT2D eigenvalue weighted by atomic mass is 9.69. The van der Waals surface area contributed by atoms with Crippen molar-refractivity contribution in [3.63, 3.8) is 0 Å². The van der Waals surface area contributed by atoms with E-state index in [1.165, 1.54) is 0 Å². The van der Waals surface area contributed by atoms with E-state index in [0.29, 0.717) is 5.92 Å². The largest absolute Gasteiger partial charge is 0.396 e. The third-order valence-electron chi connectivity index (χ3n) is 4.12. The van der Waals surface area contributed by atoms with Crippen molar-refractivity contribution >= 4 is 29.0 Å². The fraction of sp³-hybridized carbons (Fsp3) is 0.917. The molecule has 2 aliphatic rings. The van der Waals surface area contributed by atoms with Crippen LogP contribution in [0.2, 0.25) is 0 Å². The Morgan fingerprint density at radius 1 is 1.25 bits per heavy atom. The van der Waals surface area contributed by atoms with Gasteiger partial charge in [0.25, 0.3) is 0 Å². The van der Waals surface area contributed by atoms with Crippen LogP contribution < -0.4 is 0 Å². The quantitative estimate of drug-likeness (QED) is 0.613. The van der Waals surface area contributed by atoms with Crippen LogP contribution in [0.4, 0.5) is 0 Å². The van der Waals surface area contributed by atoms with Crippen molar-refractivity contribution in [2.75, 3.05) is 6.61 Å². The van der Waals surface area contributed by atoms with Gasteiger partial charge in [0.2, 0.25) is 0 Å². The van der Waals surface area contributed by atoms with Gasteiger partial charge in [-0.2, -0.15) is 0 Å². The Hall–Kier alpha value is 0.210. The second-order valence-electron chi connectivity index (χ2n) is 5.03. The Morgan fingerprint density at radius 2 is 2.00 bits per heavy atom. The van der Waals surface area contributed by atoms with E-state index in [9.17, 15) is 4.79 Å². The molecule has 2 nitrogen and oxygen atoms in total. The highest BCUT2D eigenvalue weighted by Gasteiger charge is 2.64. The van der Waals surface area contributed by atoms with Crippen molar-refractivity contribution in [1.82, 2.24) is 0 Å². The monoisotopic (exact) mass is 264 g/mol. The third-order valence-corrected chi connectivity index (χ3v) is 5.05. The maximum atomic E-state index is 11.8. The zero-order valence-electron chi connectivity index (χ0n) is 9.29. The predicted molar refractivity (Wildman–Crippen MR) is 64.7 cm³/mol. The van der Waals surface area contributed by atoms with Crippen LogP contribution >= 0.6 is 23.2 Å². The second-order valence-corrected chi connectivity index (χ2v) is 6.42. The van der Waals surface area contributed by atoms with Gasteiger partial charge in [-0.15, -0.1) is 0 Å². The zero-order chi connectivity index (χ0) is 11.8. The molecule has 0 bridgehead atoms. The molecule has 1 N–H and O–H groups in total. The standard InChI is InChI=1S/C12H18Cl2O2/c13-12(14)9-6-5-8(10(9)11(12)16)4-2-1-3-7-15/h8-10,15H,1-7H2. The summed E-state index contributed by atoms with van der Waals surface area (Å²) in [4.78, 5) is 11.8. The van der Waals surface area contributed by atoms with Gasteiger partial charge in [-0.1, -0.05) is 36.0 Å². The number of carbonyl (C=O) groups is 1. The van der Waals surface area contributed by atoms with E-state index < -0.39 is 4.33 Å². The highest BCUT2D eigenvalue weighted by molar-refractivity contribution is 6.60. The number of hydrogen-bond acceptors (Lipinski definition) is 2. The highest BCUT2D eigenvalue weighted by atomic mass is 35.5. The predicted octanol–water partition coefficient (Wildman–Crippen LogP) is 2.94. The molecule has 0 spiro atoms. The first-order valence-electron chi connectivity index (χ1n) is 6.12. The number of unbranched alkanes of at least 4 members (excludes halogenated alkanes) is 2. The van der Waals surface area contributed by atoms with Crippen molar-refractivity contribution < 1.29 is 9.90 Å². The second kappa shape index (κ2) is 4.83. The number of aliphatic hydroxyl groups excluding tert-OH is 1. The zero-order valence-corrected chi connectivity index (χ0v) is 10.8. The van der Waals surface area contributed by atoms with Crippen LogP contribution in [0, 0.1) is 17.8 Å². The van der Waals surface area contributed by atoms with Gasteiger partial charge in [-0.05, 0) is 31.6 Å². The van der Waals surface area contributed by atoms with Crippen LogP contribution in [-0.4, -0.2) is 21.8 Å². The molecule has 0 heterocycles. The molecule has 3 unspecified atom stereocenters. The first-order valence-corrected chi connectivity index (χ1v) is 6.87. The van der Waals surface area contributed by atoms with Crippen LogP contribution in [0.15, 0.2) is 0 Å². The molecule has 16 heavy (non-hydrogen) atoms. The molecule has 2 rings (SSSR count). The Bertz CT molecular complexity index is 278. The Morgan fingerprint density at radius 3 is 2.69 bits per heavy atom. The average molecular weight is 265 g/mol. The van der Waals surface area contributed by atoms with E-state index in [1.54, 1.807) is 0 Å². The summed E-state index contributed by atoms with van der Waals surface area (Å²) >= 11 is 12.0. The molecule has 0 aliphatic heterocycles. The molecule has 0 radical (unpaired) electrons. The summed E-state index contributed by atoms with van der Waals surface area (Å²) in [5.74, 6) is 0.864. The van der Waals surface area contributed by atoms with E-state index in [2.05, 4.69) is 0 Å². The minimum absolute atomic E-state index is 0.0468. The average Bonchev–Trinajstić information content (AvgIpc) is 2.66. The van der Waals surface area contributed by atoms with Crippen molar-refractivity contribution in [3.05, 3.63) is 0 Å². The number of aliphatic hydroxyl groups is 1. The van der Waals surface area contributed by atoms with Gasteiger partial charge in [0.05, 0.1) is 0 Å². The summed E-state index contributed by atoms with van der Waals surface area (Å²) in [5.41, 5.74) is 0. The number of alkyl halides is 2. The van der Waals surface area contributed by atoms with E-state index in [-0.39, 0.29) is 24.2 Å². The third kappa shape index (κ3) is 2.00. The molecule has 2 aliphatic carbocycles. The molecule has 0 amide bonds. The summed E-state index contributed by atoms with van der Waals surface area (Å²) in [6.07, 6.45) is 6.17. The van der Waals surface area contributed by atoms with Crippen LogP contribution in [0.5, 0.6) is 0 Å². The summed E-state index contributed by atoms with van der Waals surface area (Å²) in [7, 11) is 0. The lowest BCUT2D eigenvalue weighted by Gasteiger charge is -2.43. The molecule has 3 atom stereocenters. The maximum Gasteiger partial charge on any atom is 0.179 e. The fourth-order valence-electron chi connectivity index (χ4n) is 3.21. The van der Waals surface area contributed by atoms with E-state index >= 15 is 0 Å². The molecule has 2 fully saturated rings. The molecule has 92 valence electrons. The van der Waals surface area contributed by atoms with Gasteiger partial charge >= 0.3 is 0 Å². The van der Waals surface area contributed by atoms with Crippen molar-refractivity contribution in [2.24, 2.45) is 17.8 Å². The summed E-state index contributed by atoms with van der Waals surface area (Å²) in [6, 6.07) is 0. The number of Topliss-reactive ketones (excluding diaryl/α,β-unsaturated/α-hetero) is 1. The van der Waals surface area contributed by atoms with Gasteiger partial charge in [0, 0.05) is 18.4 Å². The number of fused-ring (bicyclic) bond motifs is 1. The molecule has 0 saturated heterocycles. The van der Waals surface area contributed by atoms with Crippen molar-refractivity contribution in [3.8, 4) is 0 Å². The Balaban J connectivity index is 1.80. The molecular weight excluding hydrogens is 247 g/mol. The van der Waals surface area contributed by atoms with Gasteiger partial charge in [0.15, 0.2) is 10.1 Å². The first-order chi connectivity index (χ1) is 7.59. The topological polar surface area (TPSA) is 37.3 Å². The number of carbonyl (C=O) groups excluding carboxylic acids is 1. The smallest absolute Gasteiger partial charge is 0.179 e. The summed E-state index contributed by atoms with van der Waals surface area (Å²) < 4.78 is -1.08. The van der Waals surface area contributed by atoms with Gasteiger partial charge in [-0.3, -0.25) is 4.79 Å².